The lowest BCUT2D eigenvalue weighted by Crippen LogP contribution is -2.27. The molecule has 0 radical (unpaired) electrons. The maximum atomic E-state index is 12.2. The molecule has 0 atom stereocenters. The van der Waals surface area contributed by atoms with Crippen molar-refractivity contribution in [1.29, 1.82) is 0 Å². The molecule has 0 aliphatic heterocycles. The van der Waals surface area contributed by atoms with Gasteiger partial charge in [-0.1, -0.05) is 36.8 Å². The molecule has 140 valence electrons. The van der Waals surface area contributed by atoms with Crippen molar-refractivity contribution < 1.29 is 19.4 Å². The lowest BCUT2D eigenvalue weighted by Gasteiger charge is -2.23. The fourth-order valence-electron chi connectivity index (χ4n) is 3.12. The Hall–Kier alpha value is -3.08. The molecule has 0 saturated heterocycles. The molecule has 3 rings (SSSR count). The Morgan fingerprint density at radius 3 is 2.26 bits per heavy atom. The van der Waals surface area contributed by atoms with Crippen LogP contribution in [0, 0.1) is 0 Å². The number of aliphatic carboxylic acids is 1. The van der Waals surface area contributed by atoms with Crippen LogP contribution < -0.4 is 10.1 Å². The maximum Gasteiger partial charge on any atom is 0.352 e. The second kappa shape index (κ2) is 9.03. The molecule has 0 spiro atoms. The highest BCUT2D eigenvalue weighted by atomic mass is 16.5. The Kier molecular flexibility index (Phi) is 6.26. The van der Waals surface area contributed by atoms with Crippen molar-refractivity contribution in [1.82, 2.24) is 5.32 Å². The molecule has 1 aliphatic rings. The Labute approximate surface area is 158 Å². The van der Waals surface area contributed by atoms with E-state index in [-0.39, 0.29) is 11.8 Å². The molecule has 1 fully saturated rings. The largest absolute Gasteiger partial charge is 0.490 e. The van der Waals surface area contributed by atoms with Gasteiger partial charge in [0.15, 0.2) is 0 Å². The van der Waals surface area contributed by atoms with Crippen LogP contribution in [0.5, 0.6) is 5.75 Å². The summed E-state index contributed by atoms with van der Waals surface area (Å²) < 4.78 is 5.98. The lowest BCUT2D eigenvalue weighted by atomic mass is 9.98. The summed E-state index contributed by atoms with van der Waals surface area (Å²) in [5.41, 5.74) is 0.905. The number of carbonyl (C=O) groups excluding carboxylic acids is 1. The molecular formula is C22H23NO4. The molecule has 1 saturated carbocycles. The van der Waals surface area contributed by atoms with Crippen LogP contribution in [0.1, 0.15) is 48.0 Å². The number of nitrogens with one attached hydrogen (secondary N) is 1. The molecule has 1 aliphatic carbocycles. The molecule has 2 aromatic carbocycles. The van der Waals surface area contributed by atoms with Crippen molar-refractivity contribution in [2.75, 3.05) is 0 Å². The first-order valence-corrected chi connectivity index (χ1v) is 9.20. The van der Waals surface area contributed by atoms with E-state index in [1.807, 2.05) is 12.1 Å². The van der Waals surface area contributed by atoms with Crippen LogP contribution in [-0.2, 0) is 4.79 Å². The average molecular weight is 365 g/mol. The predicted molar refractivity (Wildman–Crippen MR) is 103 cm³/mol. The zero-order valence-electron chi connectivity index (χ0n) is 15.1. The maximum absolute atomic E-state index is 12.2. The third kappa shape index (κ3) is 5.45. The lowest BCUT2D eigenvalue weighted by molar-refractivity contribution is -0.132. The molecule has 5 heteroatoms. The topological polar surface area (TPSA) is 75.6 Å². The van der Waals surface area contributed by atoms with Crippen LogP contribution in [0.2, 0.25) is 0 Å². The summed E-state index contributed by atoms with van der Waals surface area (Å²) in [4.78, 5) is 23.7. The normalized spacial score (nSPS) is 15.2. The van der Waals surface area contributed by atoms with Crippen LogP contribution >= 0.6 is 0 Å². The van der Waals surface area contributed by atoms with Gasteiger partial charge in [-0.05, 0) is 61.6 Å². The van der Waals surface area contributed by atoms with Crippen molar-refractivity contribution in [2.45, 2.75) is 38.2 Å². The standard InChI is InChI=1S/C22H23NO4/c24-21(17-7-3-1-4-8-17)23-20(22(25)26)15-16-11-13-19(14-12-16)27-18-9-5-2-6-10-18/h1,3-4,7-8,11-15,18H,2,5-6,9-10H2,(H,23,24)(H,25,26)/b20-15+. The van der Waals surface area contributed by atoms with Gasteiger partial charge in [0.25, 0.3) is 5.91 Å². The Morgan fingerprint density at radius 2 is 1.63 bits per heavy atom. The highest BCUT2D eigenvalue weighted by molar-refractivity contribution is 6.02. The molecular weight excluding hydrogens is 342 g/mol. The van der Waals surface area contributed by atoms with Gasteiger partial charge in [-0.15, -0.1) is 0 Å². The third-order valence-corrected chi connectivity index (χ3v) is 4.56. The smallest absolute Gasteiger partial charge is 0.352 e. The summed E-state index contributed by atoms with van der Waals surface area (Å²) in [6, 6.07) is 15.7. The van der Waals surface area contributed by atoms with Crippen LogP contribution in [0.4, 0.5) is 0 Å². The third-order valence-electron chi connectivity index (χ3n) is 4.56. The highest BCUT2D eigenvalue weighted by Gasteiger charge is 2.15. The molecule has 1 amide bonds. The van der Waals surface area contributed by atoms with Crippen LogP contribution in [0.25, 0.3) is 6.08 Å². The van der Waals surface area contributed by atoms with E-state index in [0.717, 1.165) is 18.6 Å². The number of carboxylic acids is 1. The van der Waals surface area contributed by atoms with Gasteiger partial charge in [0, 0.05) is 5.56 Å². The summed E-state index contributed by atoms with van der Waals surface area (Å²) in [5, 5.41) is 11.8. The molecule has 0 aromatic heterocycles. The summed E-state index contributed by atoms with van der Waals surface area (Å²) in [5.74, 6) is -0.868. The van der Waals surface area contributed by atoms with Crippen LogP contribution in [0.15, 0.2) is 60.3 Å². The van der Waals surface area contributed by atoms with Crippen LogP contribution in [-0.4, -0.2) is 23.1 Å². The van der Waals surface area contributed by atoms with E-state index in [4.69, 9.17) is 4.74 Å². The van der Waals surface area contributed by atoms with Gasteiger partial charge in [-0.3, -0.25) is 4.79 Å². The van der Waals surface area contributed by atoms with E-state index in [9.17, 15) is 14.7 Å². The number of hydrogen-bond donors (Lipinski definition) is 2. The summed E-state index contributed by atoms with van der Waals surface area (Å²) in [6.07, 6.45) is 7.54. The second-order valence-corrected chi connectivity index (χ2v) is 6.63. The SMILES string of the molecule is O=C(O)/C(=C\c1ccc(OC2CCCCC2)cc1)NC(=O)c1ccccc1. The Bertz CT molecular complexity index is 806. The van der Waals surface area contributed by atoms with Crippen molar-refractivity contribution >= 4 is 18.0 Å². The van der Waals surface area contributed by atoms with E-state index < -0.39 is 11.9 Å². The molecule has 0 unspecified atom stereocenters. The molecule has 0 heterocycles. The van der Waals surface area contributed by atoms with Gasteiger partial charge in [0.1, 0.15) is 11.4 Å². The monoisotopic (exact) mass is 365 g/mol. The molecule has 27 heavy (non-hydrogen) atoms. The summed E-state index contributed by atoms with van der Waals surface area (Å²) in [6.45, 7) is 0. The number of amides is 1. The van der Waals surface area contributed by atoms with E-state index in [0.29, 0.717) is 11.1 Å². The number of hydrogen-bond acceptors (Lipinski definition) is 3. The minimum Gasteiger partial charge on any atom is -0.490 e. The molecule has 2 aromatic rings. The fraction of sp³-hybridized carbons (Fsp3) is 0.273. The molecule has 5 nitrogen and oxygen atoms in total. The number of rotatable bonds is 6. The van der Waals surface area contributed by atoms with Crippen molar-refractivity contribution in [3.8, 4) is 5.75 Å². The van der Waals surface area contributed by atoms with Gasteiger partial charge < -0.3 is 15.2 Å². The van der Waals surface area contributed by atoms with Gasteiger partial charge in [-0.2, -0.15) is 0 Å². The van der Waals surface area contributed by atoms with Crippen molar-refractivity contribution in [2.24, 2.45) is 0 Å². The van der Waals surface area contributed by atoms with Crippen molar-refractivity contribution in [3.63, 3.8) is 0 Å². The first kappa shape index (κ1) is 18.7. The van der Waals surface area contributed by atoms with Gasteiger partial charge in [-0.25, -0.2) is 4.79 Å². The number of benzene rings is 2. The van der Waals surface area contributed by atoms with Crippen molar-refractivity contribution in [3.05, 3.63) is 71.4 Å². The zero-order chi connectivity index (χ0) is 19.1. The second-order valence-electron chi connectivity index (χ2n) is 6.63. The van der Waals surface area contributed by atoms with Gasteiger partial charge in [0.2, 0.25) is 0 Å². The summed E-state index contributed by atoms with van der Waals surface area (Å²) >= 11 is 0. The first-order valence-electron chi connectivity index (χ1n) is 9.20. The zero-order valence-corrected chi connectivity index (χ0v) is 15.1. The summed E-state index contributed by atoms with van der Waals surface area (Å²) in [7, 11) is 0. The van der Waals surface area contributed by atoms with E-state index >= 15 is 0 Å². The fourth-order valence-corrected chi connectivity index (χ4v) is 3.12. The van der Waals surface area contributed by atoms with Gasteiger partial charge in [0.05, 0.1) is 6.10 Å². The first-order chi connectivity index (χ1) is 13.1. The van der Waals surface area contributed by atoms with Crippen LogP contribution in [0.3, 0.4) is 0 Å². The predicted octanol–water partition coefficient (Wildman–Crippen LogP) is 4.25. The highest BCUT2D eigenvalue weighted by Crippen LogP contribution is 2.24. The number of carbonyl (C=O) groups is 2. The molecule has 0 bridgehead atoms. The van der Waals surface area contributed by atoms with E-state index in [1.54, 1.807) is 42.5 Å². The average Bonchev–Trinajstić information content (AvgIpc) is 2.70. The Morgan fingerprint density at radius 1 is 0.963 bits per heavy atom. The minimum absolute atomic E-state index is 0.176. The Balaban J connectivity index is 1.68. The van der Waals surface area contributed by atoms with Gasteiger partial charge >= 0.3 is 5.97 Å². The molecule has 2 N–H and O–H groups in total. The van der Waals surface area contributed by atoms with E-state index in [2.05, 4.69) is 5.32 Å². The van der Waals surface area contributed by atoms with E-state index in [1.165, 1.54) is 25.3 Å². The quantitative estimate of drug-likeness (QED) is 0.750. The number of ether oxygens (including phenoxy) is 1. The number of carboxylic acid groups (broad SMARTS) is 1. The minimum atomic E-state index is -1.19.